The summed E-state index contributed by atoms with van der Waals surface area (Å²) in [6, 6.07) is 6.24. The van der Waals surface area contributed by atoms with Crippen LogP contribution in [-0.2, 0) is 6.54 Å². The van der Waals surface area contributed by atoms with Gasteiger partial charge in [0.15, 0.2) is 10.8 Å². The molecule has 0 unspecified atom stereocenters. The SMILES string of the molecule is Cc1nsc(-c2nc(-c3cc(F)ncc3Cl)c3n2CCN(C(=O)c2ccc(F)cc2)[C@@H]3C)n1. The molecule has 0 aliphatic carbocycles. The number of halogens is 3. The third-order valence-corrected chi connectivity index (χ3v) is 6.69. The van der Waals surface area contributed by atoms with E-state index in [-0.39, 0.29) is 10.9 Å². The second-order valence-electron chi connectivity index (χ2n) is 7.64. The number of pyridine rings is 1. The lowest BCUT2D eigenvalue weighted by molar-refractivity contribution is 0.0645. The standard InChI is InChI=1S/C22H17ClF2N6OS/c1-11-19-18(15-9-17(25)26-10-16(15)23)28-20(21-27-12(2)29-33-21)31(19)8-7-30(11)22(32)13-3-5-14(24)6-4-13/h3-6,9-11H,7-8H2,1-2H3/t11-/m1/s1. The second kappa shape index (κ2) is 8.27. The van der Waals surface area contributed by atoms with Crippen LogP contribution in [0.5, 0.6) is 0 Å². The molecule has 0 saturated carbocycles. The zero-order valence-corrected chi connectivity index (χ0v) is 19.2. The fourth-order valence-corrected chi connectivity index (χ4v) is 4.91. The van der Waals surface area contributed by atoms with Crippen LogP contribution >= 0.6 is 23.1 Å². The fraction of sp³-hybridized carbons (Fsp3) is 0.227. The fourth-order valence-electron chi connectivity index (χ4n) is 4.04. The van der Waals surface area contributed by atoms with Crippen molar-refractivity contribution in [1.82, 2.24) is 28.8 Å². The highest BCUT2D eigenvalue weighted by atomic mass is 35.5. The lowest BCUT2D eigenvalue weighted by Gasteiger charge is -2.35. The third-order valence-electron chi connectivity index (χ3n) is 5.58. The number of amides is 1. The van der Waals surface area contributed by atoms with E-state index >= 15 is 0 Å². The number of hydrogen-bond donors (Lipinski definition) is 0. The Morgan fingerprint density at radius 2 is 1.94 bits per heavy atom. The molecule has 11 heteroatoms. The largest absolute Gasteiger partial charge is 0.329 e. The first kappa shape index (κ1) is 21.6. The summed E-state index contributed by atoms with van der Waals surface area (Å²) in [5.74, 6) is -0.128. The molecule has 4 aromatic rings. The smallest absolute Gasteiger partial charge is 0.254 e. The van der Waals surface area contributed by atoms with E-state index in [9.17, 15) is 13.6 Å². The first-order chi connectivity index (χ1) is 15.8. The van der Waals surface area contributed by atoms with E-state index in [0.29, 0.717) is 52.3 Å². The van der Waals surface area contributed by atoms with E-state index in [0.717, 1.165) is 0 Å². The van der Waals surface area contributed by atoms with Crippen LogP contribution in [-0.4, -0.2) is 41.2 Å². The van der Waals surface area contributed by atoms with Crippen LogP contribution < -0.4 is 0 Å². The Balaban J connectivity index is 1.65. The van der Waals surface area contributed by atoms with Crippen molar-refractivity contribution in [3.8, 4) is 22.1 Å². The Morgan fingerprint density at radius 1 is 1.18 bits per heavy atom. The Hall–Kier alpha value is -3.24. The molecule has 5 rings (SSSR count). The molecular formula is C22H17ClF2N6OS. The van der Waals surface area contributed by atoms with E-state index in [1.54, 1.807) is 11.8 Å². The van der Waals surface area contributed by atoms with E-state index < -0.39 is 17.8 Å². The van der Waals surface area contributed by atoms with Gasteiger partial charge in [-0.2, -0.15) is 8.76 Å². The number of imidazole rings is 1. The van der Waals surface area contributed by atoms with Gasteiger partial charge in [-0.15, -0.1) is 0 Å². The molecule has 0 N–H and O–H groups in total. The van der Waals surface area contributed by atoms with Gasteiger partial charge in [0, 0.05) is 36.5 Å². The number of nitrogens with zero attached hydrogens (tertiary/aromatic N) is 6. The number of hydrogen-bond acceptors (Lipinski definition) is 6. The predicted molar refractivity (Wildman–Crippen MR) is 120 cm³/mol. The Kier molecular flexibility index (Phi) is 5.41. The van der Waals surface area contributed by atoms with Crippen molar-refractivity contribution in [3.05, 3.63) is 70.4 Å². The average molecular weight is 487 g/mol. The highest BCUT2D eigenvalue weighted by Crippen LogP contribution is 2.40. The summed E-state index contributed by atoms with van der Waals surface area (Å²) in [7, 11) is 0. The van der Waals surface area contributed by atoms with Gasteiger partial charge in [0.1, 0.15) is 11.6 Å². The molecule has 1 amide bonds. The van der Waals surface area contributed by atoms with Gasteiger partial charge in [0.05, 0.1) is 22.5 Å². The van der Waals surface area contributed by atoms with Crippen LogP contribution in [0, 0.1) is 18.7 Å². The molecule has 3 aromatic heterocycles. The molecule has 168 valence electrons. The van der Waals surface area contributed by atoms with Gasteiger partial charge >= 0.3 is 0 Å². The third kappa shape index (κ3) is 3.79. The minimum absolute atomic E-state index is 0.235. The summed E-state index contributed by atoms with van der Waals surface area (Å²) >= 11 is 7.59. The second-order valence-corrected chi connectivity index (χ2v) is 8.79. The zero-order valence-electron chi connectivity index (χ0n) is 17.6. The van der Waals surface area contributed by atoms with Crippen molar-refractivity contribution >= 4 is 29.0 Å². The van der Waals surface area contributed by atoms with Gasteiger partial charge < -0.3 is 9.47 Å². The molecule has 0 bridgehead atoms. The number of carbonyl (C=O) groups is 1. The quantitative estimate of drug-likeness (QED) is 0.384. The van der Waals surface area contributed by atoms with Crippen LogP contribution in [0.25, 0.3) is 22.1 Å². The number of rotatable bonds is 3. The minimum Gasteiger partial charge on any atom is -0.329 e. The topological polar surface area (TPSA) is 76.8 Å². The lowest BCUT2D eigenvalue weighted by Crippen LogP contribution is -2.41. The van der Waals surface area contributed by atoms with Gasteiger partial charge in [0.2, 0.25) is 5.95 Å². The number of aryl methyl sites for hydroxylation is 1. The minimum atomic E-state index is -0.688. The maximum absolute atomic E-state index is 14.0. The Labute approximate surface area is 196 Å². The molecular weight excluding hydrogens is 470 g/mol. The van der Waals surface area contributed by atoms with Crippen molar-refractivity contribution in [2.24, 2.45) is 0 Å². The number of carbonyl (C=O) groups excluding carboxylic acids is 1. The summed E-state index contributed by atoms with van der Waals surface area (Å²) in [5.41, 5.74) is 1.91. The molecule has 4 heterocycles. The van der Waals surface area contributed by atoms with Gasteiger partial charge in [-0.05, 0) is 49.6 Å². The molecule has 0 radical (unpaired) electrons. The van der Waals surface area contributed by atoms with E-state index in [1.807, 2.05) is 11.5 Å². The summed E-state index contributed by atoms with van der Waals surface area (Å²) in [4.78, 5) is 27.8. The van der Waals surface area contributed by atoms with Gasteiger partial charge in [-0.1, -0.05) is 11.6 Å². The molecule has 0 spiro atoms. The highest BCUT2D eigenvalue weighted by molar-refractivity contribution is 7.09. The predicted octanol–water partition coefficient (Wildman–Crippen LogP) is 4.92. The van der Waals surface area contributed by atoms with Crippen LogP contribution in [0.3, 0.4) is 0 Å². The molecule has 0 saturated heterocycles. The number of fused-ring (bicyclic) bond motifs is 1. The Bertz CT molecular complexity index is 1370. The summed E-state index contributed by atoms with van der Waals surface area (Å²) in [6.45, 7) is 4.52. The zero-order chi connectivity index (χ0) is 23.3. The molecule has 1 atom stereocenters. The average Bonchev–Trinajstić information content (AvgIpc) is 3.40. The monoisotopic (exact) mass is 486 g/mol. The van der Waals surface area contributed by atoms with Crippen molar-refractivity contribution in [1.29, 1.82) is 0 Å². The number of benzene rings is 1. The molecule has 1 aromatic carbocycles. The van der Waals surface area contributed by atoms with E-state index in [1.165, 1.54) is 48.1 Å². The van der Waals surface area contributed by atoms with Crippen LogP contribution in [0.15, 0.2) is 36.5 Å². The maximum atomic E-state index is 14.0. The van der Waals surface area contributed by atoms with Crippen LogP contribution in [0.4, 0.5) is 8.78 Å². The maximum Gasteiger partial charge on any atom is 0.254 e. The van der Waals surface area contributed by atoms with Gasteiger partial charge in [-0.3, -0.25) is 4.79 Å². The first-order valence-corrected chi connectivity index (χ1v) is 11.3. The first-order valence-electron chi connectivity index (χ1n) is 10.1. The van der Waals surface area contributed by atoms with Crippen LogP contribution in [0.1, 0.15) is 34.8 Å². The highest BCUT2D eigenvalue weighted by Gasteiger charge is 2.35. The van der Waals surface area contributed by atoms with Crippen molar-refractivity contribution < 1.29 is 13.6 Å². The summed E-state index contributed by atoms with van der Waals surface area (Å²) in [5, 5.41) is 0.864. The molecule has 0 fully saturated rings. The molecule has 33 heavy (non-hydrogen) atoms. The number of aromatic nitrogens is 5. The van der Waals surface area contributed by atoms with E-state index in [4.69, 9.17) is 16.6 Å². The molecule has 1 aliphatic rings. The Morgan fingerprint density at radius 3 is 2.64 bits per heavy atom. The van der Waals surface area contributed by atoms with Crippen molar-refractivity contribution in [2.45, 2.75) is 26.4 Å². The summed E-state index contributed by atoms with van der Waals surface area (Å²) in [6.07, 6.45) is 1.24. The lowest BCUT2D eigenvalue weighted by atomic mass is 10.0. The van der Waals surface area contributed by atoms with Crippen LogP contribution in [0.2, 0.25) is 5.02 Å². The summed E-state index contributed by atoms with van der Waals surface area (Å²) < 4.78 is 33.6. The van der Waals surface area contributed by atoms with Crippen molar-refractivity contribution in [3.63, 3.8) is 0 Å². The van der Waals surface area contributed by atoms with Gasteiger partial charge in [-0.25, -0.2) is 19.3 Å². The van der Waals surface area contributed by atoms with Gasteiger partial charge in [0.25, 0.3) is 5.91 Å². The van der Waals surface area contributed by atoms with Crippen molar-refractivity contribution in [2.75, 3.05) is 6.54 Å². The molecule has 7 nitrogen and oxygen atoms in total. The van der Waals surface area contributed by atoms with E-state index in [2.05, 4.69) is 14.3 Å². The molecule has 1 aliphatic heterocycles. The normalized spacial score (nSPS) is 15.5.